The van der Waals surface area contributed by atoms with Crippen molar-refractivity contribution in [3.63, 3.8) is 0 Å². The van der Waals surface area contributed by atoms with Crippen LogP contribution in [-0.2, 0) is 11.2 Å². The summed E-state index contributed by atoms with van der Waals surface area (Å²) in [7, 11) is 1.68. The minimum atomic E-state index is -0.234. The molecule has 0 saturated carbocycles. The Morgan fingerprint density at radius 3 is 2.67 bits per heavy atom. The summed E-state index contributed by atoms with van der Waals surface area (Å²) in [6.45, 7) is 7.23. The molecule has 1 fully saturated rings. The highest BCUT2D eigenvalue weighted by atomic mass is 19.1. The predicted molar refractivity (Wildman–Crippen MR) is 118 cm³/mol. The molecule has 1 N–H and O–H groups in total. The molecule has 0 aromatic heterocycles. The fraction of sp³-hybridized carbons (Fsp3) is 0.458. The Morgan fingerprint density at radius 1 is 1.20 bits per heavy atom. The second kappa shape index (κ2) is 8.54. The average Bonchev–Trinajstić information content (AvgIpc) is 2.76. The standard InChI is InChI=1S/C24H30FN3O2/c1-16(2)14-26-24(29)21-12-17-4-9-20(30-3)13-22(17)28-11-10-27(15-23(21)28)19-7-5-18(25)6-8-19/h4-9,13,16,21,23H,10-12,14-15H2,1-3H3,(H,26,29)/t21-,23-/m0/s1. The van der Waals surface area contributed by atoms with E-state index in [1.807, 2.05) is 18.2 Å². The molecule has 2 aliphatic rings. The van der Waals surface area contributed by atoms with Crippen LogP contribution in [0.15, 0.2) is 42.5 Å². The van der Waals surface area contributed by atoms with Crippen LogP contribution in [0.4, 0.5) is 15.8 Å². The van der Waals surface area contributed by atoms with Gasteiger partial charge in [-0.2, -0.15) is 0 Å². The number of ether oxygens (including phenoxy) is 1. The van der Waals surface area contributed by atoms with E-state index >= 15 is 0 Å². The fourth-order valence-electron chi connectivity index (χ4n) is 4.53. The molecule has 30 heavy (non-hydrogen) atoms. The number of fused-ring (bicyclic) bond motifs is 3. The van der Waals surface area contributed by atoms with Crippen molar-refractivity contribution in [1.82, 2.24) is 5.32 Å². The molecule has 2 aliphatic heterocycles. The third-order valence-electron chi connectivity index (χ3n) is 6.14. The zero-order valence-corrected chi connectivity index (χ0v) is 17.9. The summed E-state index contributed by atoms with van der Waals surface area (Å²) in [6.07, 6.45) is 0.710. The van der Waals surface area contributed by atoms with E-state index in [1.54, 1.807) is 7.11 Å². The third kappa shape index (κ3) is 4.09. The second-order valence-electron chi connectivity index (χ2n) is 8.63. The van der Waals surface area contributed by atoms with E-state index in [4.69, 9.17) is 4.74 Å². The summed E-state index contributed by atoms with van der Waals surface area (Å²) >= 11 is 0. The van der Waals surface area contributed by atoms with Gasteiger partial charge in [0.25, 0.3) is 0 Å². The molecule has 1 saturated heterocycles. The Morgan fingerprint density at radius 2 is 1.97 bits per heavy atom. The maximum absolute atomic E-state index is 13.4. The first-order valence-electron chi connectivity index (χ1n) is 10.7. The molecule has 5 nitrogen and oxygen atoms in total. The van der Waals surface area contributed by atoms with Crippen molar-refractivity contribution >= 4 is 17.3 Å². The summed E-state index contributed by atoms with van der Waals surface area (Å²) in [5, 5.41) is 3.14. The quantitative estimate of drug-likeness (QED) is 0.818. The second-order valence-corrected chi connectivity index (χ2v) is 8.63. The molecule has 1 amide bonds. The molecular weight excluding hydrogens is 381 g/mol. The molecule has 6 heteroatoms. The molecule has 0 aliphatic carbocycles. The first-order chi connectivity index (χ1) is 14.5. The lowest BCUT2D eigenvalue weighted by Gasteiger charge is -2.49. The number of piperazine rings is 1. The van der Waals surface area contributed by atoms with Crippen LogP contribution in [0.2, 0.25) is 0 Å². The maximum atomic E-state index is 13.4. The van der Waals surface area contributed by atoms with Crippen molar-refractivity contribution in [2.45, 2.75) is 26.3 Å². The monoisotopic (exact) mass is 411 g/mol. The van der Waals surface area contributed by atoms with Crippen LogP contribution in [-0.4, -0.2) is 45.2 Å². The minimum Gasteiger partial charge on any atom is -0.497 e. The molecule has 2 atom stereocenters. The van der Waals surface area contributed by atoms with Crippen LogP contribution in [0.25, 0.3) is 0 Å². The molecule has 0 unspecified atom stereocenters. The number of carbonyl (C=O) groups is 1. The van der Waals surface area contributed by atoms with Crippen LogP contribution in [0, 0.1) is 17.7 Å². The summed E-state index contributed by atoms with van der Waals surface area (Å²) in [5.41, 5.74) is 3.34. The van der Waals surface area contributed by atoms with Crippen molar-refractivity contribution in [1.29, 1.82) is 0 Å². The number of hydrogen-bond donors (Lipinski definition) is 1. The fourth-order valence-corrected chi connectivity index (χ4v) is 4.53. The molecule has 2 aromatic rings. The number of amides is 1. The van der Waals surface area contributed by atoms with E-state index in [9.17, 15) is 9.18 Å². The van der Waals surface area contributed by atoms with Gasteiger partial charge < -0.3 is 19.9 Å². The zero-order valence-electron chi connectivity index (χ0n) is 17.9. The summed E-state index contributed by atoms with van der Waals surface area (Å²) in [5.74, 6) is 0.986. The van der Waals surface area contributed by atoms with E-state index in [0.717, 1.165) is 36.8 Å². The van der Waals surface area contributed by atoms with Gasteiger partial charge in [-0.15, -0.1) is 0 Å². The smallest absolute Gasteiger partial charge is 0.225 e. The maximum Gasteiger partial charge on any atom is 0.225 e. The van der Waals surface area contributed by atoms with E-state index in [1.165, 1.54) is 17.7 Å². The third-order valence-corrected chi connectivity index (χ3v) is 6.14. The van der Waals surface area contributed by atoms with Gasteiger partial charge in [0, 0.05) is 43.6 Å². The van der Waals surface area contributed by atoms with E-state index in [2.05, 4.69) is 41.1 Å². The topological polar surface area (TPSA) is 44.8 Å². The highest BCUT2D eigenvalue weighted by Gasteiger charge is 2.41. The van der Waals surface area contributed by atoms with Gasteiger partial charge in [-0.3, -0.25) is 4.79 Å². The van der Waals surface area contributed by atoms with E-state index in [-0.39, 0.29) is 23.7 Å². The molecule has 160 valence electrons. The first-order valence-corrected chi connectivity index (χ1v) is 10.7. The van der Waals surface area contributed by atoms with Gasteiger partial charge in [0.05, 0.1) is 19.1 Å². The van der Waals surface area contributed by atoms with Crippen molar-refractivity contribution < 1.29 is 13.9 Å². The van der Waals surface area contributed by atoms with Crippen LogP contribution < -0.4 is 19.9 Å². The lowest BCUT2D eigenvalue weighted by Crippen LogP contribution is -2.61. The molecule has 0 radical (unpaired) electrons. The van der Waals surface area contributed by atoms with Crippen molar-refractivity contribution in [2.24, 2.45) is 11.8 Å². The number of hydrogen-bond acceptors (Lipinski definition) is 4. The Balaban J connectivity index is 1.64. The molecule has 2 aromatic carbocycles. The number of methoxy groups -OCH3 is 1. The van der Waals surface area contributed by atoms with Crippen molar-refractivity contribution in [2.75, 3.05) is 43.1 Å². The number of rotatable bonds is 5. The van der Waals surface area contributed by atoms with Gasteiger partial charge in [0.1, 0.15) is 11.6 Å². The number of halogens is 1. The largest absolute Gasteiger partial charge is 0.497 e. The highest BCUT2D eigenvalue weighted by Crippen LogP contribution is 2.39. The van der Waals surface area contributed by atoms with Gasteiger partial charge in [-0.25, -0.2) is 4.39 Å². The van der Waals surface area contributed by atoms with Crippen LogP contribution in [0.3, 0.4) is 0 Å². The van der Waals surface area contributed by atoms with Gasteiger partial charge in [0.15, 0.2) is 0 Å². The zero-order chi connectivity index (χ0) is 21.3. The van der Waals surface area contributed by atoms with E-state index in [0.29, 0.717) is 18.9 Å². The Hall–Kier alpha value is -2.76. The molecule has 2 heterocycles. The summed E-state index contributed by atoms with van der Waals surface area (Å²) in [4.78, 5) is 17.8. The number of anilines is 2. The Bertz CT molecular complexity index is 900. The number of nitrogens with zero attached hydrogens (tertiary/aromatic N) is 2. The summed E-state index contributed by atoms with van der Waals surface area (Å²) < 4.78 is 18.8. The van der Waals surface area contributed by atoms with Gasteiger partial charge in [-0.05, 0) is 48.2 Å². The van der Waals surface area contributed by atoms with Crippen molar-refractivity contribution in [3.05, 3.63) is 53.8 Å². The van der Waals surface area contributed by atoms with Gasteiger partial charge in [-0.1, -0.05) is 19.9 Å². The van der Waals surface area contributed by atoms with Gasteiger partial charge in [0.2, 0.25) is 5.91 Å². The van der Waals surface area contributed by atoms with Crippen LogP contribution in [0.5, 0.6) is 5.75 Å². The molecular formula is C24H30FN3O2. The number of benzene rings is 2. The normalized spacial score (nSPS) is 20.6. The van der Waals surface area contributed by atoms with Crippen molar-refractivity contribution in [3.8, 4) is 5.75 Å². The number of carbonyl (C=O) groups excluding carboxylic acids is 1. The number of nitrogens with one attached hydrogen (secondary N) is 1. The lowest BCUT2D eigenvalue weighted by molar-refractivity contribution is -0.126. The van der Waals surface area contributed by atoms with Crippen LogP contribution >= 0.6 is 0 Å². The molecule has 0 spiro atoms. The first kappa shape index (κ1) is 20.5. The Kier molecular flexibility index (Phi) is 5.84. The van der Waals surface area contributed by atoms with Crippen LogP contribution in [0.1, 0.15) is 19.4 Å². The molecule has 0 bridgehead atoms. The SMILES string of the molecule is COc1ccc2c(c1)N1CCN(c3ccc(F)cc3)C[C@H]1[C@@H](C(=O)NCC(C)C)C2. The average molecular weight is 412 g/mol. The minimum absolute atomic E-state index is 0.0515. The lowest BCUT2D eigenvalue weighted by atomic mass is 9.83. The highest BCUT2D eigenvalue weighted by molar-refractivity contribution is 5.82. The van der Waals surface area contributed by atoms with Gasteiger partial charge >= 0.3 is 0 Å². The Labute approximate surface area is 177 Å². The predicted octanol–water partition coefficient (Wildman–Crippen LogP) is 3.47. The van der Waals surface area contributed by atoms with E-state index < -0.39 is 0 Å². The molecule has 4 rings (SSSR count). The summed E-state index contributed by atoms with van der Waals surface area (Å²) in [6, 6.07) is 12.8.